The molecule has 0 bridgehead atoms. The Balaban J connectivity index is 0.000000181. The SMILES string of the molecule is C=CC(=O)N1[C@H](C)CN(c2c(C#N)c(=O)n(-c3c(C)ccnc3C(C)C)c3nc(-c4c(C)c(Cl)c(F)c(Cl)c4O)c(Cl)cc23)C[C@@H]1C.C=CC(=O)N1[C@H](C)CN(c2c(C#N)c(=O)n(-c3c(C)ccnc3C(C)C)c3nc(-c4c(C)c(Cl)c(F)c(Cl)c4O)c(Cl)cc23)C[C@@H]1C.C=CC(=O)N1[C@H](C)CN(c2c(C#N)c(=O)n(-c3c(C)ccnc3C(C)C)c3nc(-c4c(O)c(F)c(F)c(C(F)(F)F)c4F)c(Cl)cc23)C[C@@H]1C. The van der Waals surface area contributed by atoms with Crippen LogP contribution in [0.4, 0.5) is 52.2 Å². The minimum absolute atomic E-state index is 0.00227. The maximum atomic E-state index is 15.6. The number of nitrogens with zero attached hydrogens (tertiary/aromatic N) is 18. The maximum absolute atomic E-state index is 15.6. The fourth-order valence-electron chi connectivity index (χ4n) is 19.4. The van der Waals surface area contributed by atoms with E-state index in [0.29, 0.717) is 93.5 Å². The first-order chi connectivity index (χ1) is 67.7. The summed E-state index contributed by atoms with van der Waals surface area (Å²) in [5, 5.41) is 62.4. The molecule has 3 N–H and O–H groups in total. The molecule has 0 spiro atoms. The highest BCUT2D eigenvalue weighted by Crippen LogP contribution is 2.52. The normalized spacial score (nSPS) is 16.6. The van der Waals surface area contributed by atoms with Gasteiger partial charge in [-0.25, -0.2) is 32.5 Å². The van der Waals surface area contributed by atoms with Gasteiger partial charge in [-0.05, 0) is 176 Å². The Morgan fingerprint density at radius 2 is 0.667 bits per heavy atom. The largest absolute Gasteiger partial charge is 0.506 e. The Morgan fingerprint density at radius 1 is 0.410 bits per heavy atom. The third kappa shape index (κ3) is 18.7. The Labute approximate surface area is 855 Å². The number of aromatic hydroxyl groups is 3. The van der Waals surface area contributed by atoms with E-state index in [2.05, 4.69) is 51.8 Å². The summed E-state index contributed by atoms with van der Waals surface area (Å²) in [7, 11) is 0. The highest BCUT2D eigenvalue weighted by atomic mass is 35.5. The van der Waals surface area contributed by atoms with E-state index < -0.39 is 113 Å². The zero-order valence-electron chi connectivity index (χ0n) is 80.5. The summed E-state index contributed by atoms with van der Waals surface area (Å²) < 4.78 is 119. The third-order valence-corrected chi connectivity index (χ3v) is 28.1. The van der Waals surface area contributed by atoms with Crippen LogP contribution in [-0.4, -0.2) is 167 Å². The van der Waals surface area contributed by atoms with Crippen LogP contribution in [0.1, 0.15) is 168 Å². The van der Waals surface area contributed by atoms with Gasteiger partial charge in [-0.15, -0.1) is 0 Å². The summed E-state index contributed by atoms with van der Waals surface area (Å²) >= 11 is 45.1. The molecule has 0 saturated carbocycles. The number of benzene rings is 3. The second-order valence-electron chi connectivity index (χ2n) is 36.3. The van der Waals surface area contributed by atoms with Crippen molar-refractivity contribution in [1.29, 1.82) is 15.8 Å². The van der Waals surface area contributed by atoms with Crippen LogP contribution < -0.4 is 31.4 Å². The first-order valence-electron chi connectivity index (χ1n) is 44.9. The Morgan fingerprint density at radius 3 is 0.903 bits per heavy atom. The van der Waals surface area contributed by atoms with Crippen LogP contribution in [0.5, 0.6) is 17.2 Å². The Kier molecular flexibility index (Phi) is 31.2. The summed E-state index contributed by atoms with van der Waals surface area (Å²) in [6.45, 7) is 42.7. The second-order valence-corrected chi connectivity index (χ2v) is 39.1. The molecular formula is C102H93Cl7F8N18O9. The predicted octanol–water partition coefficient (Wildman–Crippen LogP) is 22.1. The van der Waals surface area contributed by atoms with Gasteiger partial charge in [0.1, 0.15) is 78.9 Å². The molecule has 3 saturated heterocycles. The van der Waals surface area contributed by atoms with Gasteiger partial charge >= 0.3 is 6.18 Å². The van der Waals surface area contributed by atoms with Crippen molar-refractivity contribution in [3.8, 4) is 86.3 Å². The number of piperazine rings is 3. The molecule has 12 aromatic rings. The van der Waals surface area contributed by atoms with Crippen LogP contribution in [0.3, 0.4) is 0 Å². The smallest absolute Gasteiger partial charge is 0.422 e. The summed E-state index contributed by atoms with van der Waals surface area (Å²) in [5.41, 5.74) is -2.83. The number of pyridine rings is 9. The van der Waals surface area contributed by atoms with Crippen molar-refractivity contribution in [1.82, 2.24) is 58.3 Å². The third-order valence-electron chi connectivity index (χ3n) is 25.7. The molecule has 0 aliphatic carbocycles. The molecule has 750 valence electrons. The predicted molar refractivity (Wildman–Crippen MR) is 541 cm³/mol. The van der Waals surface area contributed by atoms with Crippen LogP contribution in [0.15, 0.2) is 107 Å². The number of anilines is 3. The van der Waals surface area contributed by atoms with Crippen LogP contribution in [0.25, 0.3) is 83.9 Å². The van der Waals surface area contributed by atoms with Gasteiger partial charge in [0.25, 0.3) is 16.7 Å². The molecule has 27 nitrogen and oxygen atoms in total. The van der Waals surface area contributed by atoms with E-state index >= 15 is 4.39 Å². The van der Waals surface area contributed by atoms with Crippen molar-refractivity contribution >= 4 is 149 Å². The lowest BCUT2D eigenvalue weighted by Gasteiger charge is -2.45. The fourth-order valence-corrected chi connectivity index (χ4v) is 21.0. The number of hydrogen-bond acceptors (Lipinski definition) is 21. The van der Waals surface area contributed by atoms with E-state index in [0.717, 1.165) is 16.7 Å². The number of phenols is 3. The number of aryl methyl sites for hydroxylation is 3. The van der Waals surface area contributed by atoms with Gasteiger partial charge in [-0.3, -0.25) is 57.4 Å². The number of fused-ring (bicyclic) bond motifs is 3. The van der Waals surface area contributed by atoms with Gasteiger partial charge in [-0.1, -0.05) is 142 Å². The summed E-state index contributed by atoms with van der Waals surface area (Å²) in [6.07, 6.45) is 2.72. The quantitative estimate of drug-likeness (QED) is 0.0371. The van der Waals surface area contributed by atoms with E-state index in [4.69, 9.17) is 91.2 Å². The standard InChI is InChI=1S/2C34H32Cl3FN6O3.C34H29ClF6N6O3/c2*1-8-23(45)43-17(5)13-42(14-18(43)6)31-20-11-22(35)29(24-19(7)25(36)27(38)26(37)32(24)46)41-33(20)44(34(47)21(31)12-39)30-16(4)9-10-40-28(30)15(2)3;1-7-21(48)46-16(5)12-45(13-17(46)6)30-18-10-20(35)28(22-24(36)23(34(39,40)41)25(37)26(38)31(22)49)44-32(18)47(33(50)19(30)11-42)29-15(4)8-9-43-27(29)14(2)3/h2*8-11,15,17-18,46H,1,13-14H2,2-7H3;7-10,14,16-17,49H,1,12-13H2,2-6H3/t2*17-,18+;16-,17+. The van der Waals surface area contributed by atoms with Gasteiger partial charge in [0.15, 0.2) is 29.0 Å². The average molecular weight is 2120 g/mol. The number of carbonyl (C=O) groups excluding carboxylic acids is 3. The highest BCUT2D eigenvalue weighted by Gasteiger charge is 2.46. The van der Waals surface area contributed by atoms with Crippen LogP contribution in [-0.2, 0) is 20.6 Å². The zero-order chi connectivity index (χ0) is 106. The van der Waals surface area contributed by atoms with E-state index in [-0.39, 0.29) is 177 Å². The fraction of sp³-hybridized carbons (Fsp3) is 0.324. The van der Waals surface area contributed by atoms with Crippen molar-refractivity contribution in [2.75, 3.05) is 54.0 Å². The number of amides is 3. The lowest BCUT2D eigenvalue weighted by Crippen LogP contribution is -2.58. The lowest BCUT2D eigenvalue weighted by atomic mass is 10.00. The molecule has 3 aliphatic heterocycles. The number of carbonyl (C=O) groups is 3. The molecule has 9 aromatic heterocycles. The molecule has 12 heterocycles. The van der Waals surface area contributed by atoms with E-state index in [1.54, 1.807) is 96.9 Å². The minimum Gasteiger partial charge on any atom is -0.506 e. The monoisotopic (exact) mass is 2110 g/mol. The summed E-state index contributed by atoms with van der Waals surface area (Å²) in [5.74, 6) is -13.9. The Bertz CT molecular complexity index is 7420. The highest BCUT2D eigenvalue weighted by molar-refractivity contribution is 6.39. The Hall–Kier alpha value is -13.4. The van der Waals surface area contributed by atoms with Crippen molar-refractivity contribution in [2.24, 2.45) is 0 Å². The molecule has 3 aromatic carbocycles. The molecule has 0 radical (unpaired) electrons. The summed E-state index contributed by atoms with van der Waals surface area (Å²) in [4.78, 5) is 120. The maximum Gasteiger partial charge on any atom is 0.422 e. The first kappa shape index (κ1) is 108. The second kappa shape index (κ2) is 41.7. The molecule has 3 amide bonds. The molecule has 3 fully saturated rings. The summed E-state index contributed by atoms with van der Waals surface area (Å²) in [6, 6.07) is 13.4. The van der Waals surface area contributed by atoms with Gasteiger partial charge in [0.2, 0.25) is 23.5 Å². The molecule has 144 heavy (non-hydrogen) atoms. The van der Waals surface area contributed by atoms with Crippen molar-refractivity contribution in [2.45, 2.75) is 178 Å². The van der Waals surface area contributed by atoms with Gasteiger partial charge in [0, 0.05) is 121 Å². The number of halogens is 15. The van der Waals surface area contributed by atoms with Crippen LogP contribution in [0, 0.1) is 97.7 Å². The minimum atomic E-state index is -5.74. The first-order valence-corrected chi connectivity index (χ1v) is 47.6. The number of phenolic OH excluding ortho intramolecular Hbond substituents is 3. The van der Waals surface area contributed by atoms with E-state index in [1.807, 2.05) is 85.1 Å². The van der Waals surface area contributed by atoms with Gasteiger partial charge in [-0.2, -0.15) is 33.3 Å². The molecule has 15 rings (SSSR count). The van der Waals surface area contributed by atoms with Crippen molar-refractivity contribution < 1.29 is 64.8 Å². The van der Waals surface area contributed by atoms with E-state index in [1.165, 1.54) is 41.3 Å². The molecule has 0 unspecified atom stereocenters. The molecular weight excluding hydrogens is 2020 g/mol. The number of nitriles is 3. The number of aromatic nitrogens is 9. The molecule has 3 aliphatic rings. The topological polar surface area (TPSA) is 346 Å². The molecule has 42 heteroatoms. The van der Waals surface area contributed by atoms with Crippen molar-refractivity contribution in [3.05, 3.63) is 255 Å². The number of alkyl halides is 3. The zero-order valence-corrected chi connectivity index (χ0v) is 85.8. The molecule has 6 atom stereocenters. The van der Waals surface area contributed by atoms with Crippen molar-refractivity contribution in [3.63, 3.8) is 0 Å². The van der Waals surface area contributed by atoms with E-state index in [9.17, 15) is 90.6 Å². The lowest BCUT2D eigenvalue weighted by molar-refractivity contribution is -0.143. The van der Waals surface area contributed by atoms with Gasteiger partial charge < -0.3 is 44.7 Å². The number of hydrogen-bond donors (Lipinski definition) is 3. The van der Waals surface area contributed by atoms with Gasteiger partial charge in [0.05, 0.1) is 99.0 Å². The van der Waals surface area contributed by atoms with Crippen LogP contribution >= 0.6 is 81.2 Å². The van der Waals surface area contributed by atoms with Crippen LogP contribution in [0.2, 0.25) is 35.2 Å². The number of rotatable bonds is 15. The average Bonchev–Trinajstić information content (AvgIpc) is 0.726.